The molecule has 2 unspecified atom stereocenters. The summed E-state index contributed by atoms with van der Waals surface area (Å²) in [5.74, 6) is -4.69. The Morgan fingerprint density at radius 2 is 0.885 bits per heavy atom. The van der Waals surface area contributed by atoms with Crippen molar-refractivity contribution in [1.82, 2.24) is 19.6 Å². The van der Waals surface area contributed by atoms with Gasteiger partial charge in [-0.25, -0.2) is 0 Å². The second-order valence-electron chi connectivity index (χ2n) is 32.4. The minimum Gasteiger partial charge on any atom is -0.508 e. The number of piperazine rings is 2. The van der Waals surface area contributed by atoms with Crippen LogP contribution in [-0.2, 0) is 44.0 Å². The largest absolute Gasteiger partial charge is 0.508 e. The van der Waals surface area contributed by atoms with Gasteiger partial charge in [0.1, 0.15) is 11.5 Å². The normalized spacial score (nSPS) is 28.7. The molecule has 0 bridgehead atoms. The fraction of sp³-hybridized carbons (Fsp3) is 0.821. The number of hydrogen-bond acceptors (Lipinski definition) is 12. The number of phenolic OH excluding ortho intramolecular Hbond substituents is 1. The summed E-state index contributed by atoms with van der Waals surface area (Å²) >= 11 is 0. The first kappa shape index (κ1) is 88.5. The van der Waals surface area contributed by atoms with Gasteiger partial charge < -0.3 is 35.0 Å². The van der Waals surface area contributed by atoms with Gasteiger partial charge in [-0.05, 0) is 222 Å². The molecule has 14 atom stereocenters. The van der Waals surface area contributed by atoms with Crippen molar-refractivity contribution in [2.45, 2.75) is 255 Å². The van der Waals surface area contributed by atoms with Crippen molar-refractivity contribution in [1.29, 1.82) is 0 Å². The van der Waals surface area contributed by atoms with Crippen molar-refractivity contribution >= 4 is 57.5 Å². The van der Waals surface area contributed by atoms with Crippen LogP contribution in [0.2, 0.25) is 0 Å². The predicted octanol–water partition coefficient (Wildman–Crippen LogP) is 16.7. The average molecular weight is 1640 g/mol. The molecule has 13 nitrogen and oxygen atoms in total. The van der Waals surface area contributed by atoms with E-state index < -0.39 is 77.4 Å². The maximum atomic E-state index is 13.1. The number of aliphatic carboxylic acids is 1. The number of hydrogen-bond donors (Lipinski definition) is 4. The van der Waals surface area contributed by atoms with Crippen LogP contribution >= 0.6 is 24.0 Å². The van der Waals surface area contributed by atoms with Crippen molar-refractivity contribution in [3.63, 3.8) is 0 Å². The minimum atomic E-state index is -5.55. The third-order valence-corrected chi connectivity index (χ3v) is 28.2. The summed E-state index contributed by atoms with van der Waals surface area (Å²) in [6, 6.07) is 12.2. The molecule has 0 spiro atoms. The fourth-order valence-corrected chi connectivity index (χ4v) is 21.6. The molecule has 10 rings (SSSR count). The maximum absolute atomic E-state index is 13.1. The number of esters is 1. The number of nitrogens with zero attached hydrogens (tertiary/aromatic N) is 4. The molecule has 0 radical (unpaired) electrons. The van der Waals surface area contributed by atoms with Gasteiger partial charge in [-0.1, -0.05) is 103 Å². The van der Waals surface area contributed by atoms with Gasteiger partial charge in [-0.15, -0.1) is 24.0 Å². The van der Waals surface area contributed by atoms with Crippen molar-refractivity contribution in [3.05, 3.63) is 58.7 Å². The van der Waals surface area contributed by atoms with Gasteiger partial charge in [0.15, 0.2) is 0 Å². The van der Waals surface area contributed by atoms with E-state index in [2.05, 4.69) is 60.8 Å². The van der Waals surface area contributed by atoms with Crippen LogP contribution < -0.4 is 4.74 Å². The monoisotopic (exact) mass is 1640 g/mol. The van der Waals surface area contributed by atoms with Crippen molar-refractivity contribution in [2.24, 2.45) is 46.3 Å². The predicted molar refractivity (Wildman–Crippen MR) is 400 cm³/mol. The van der Waals surface area contributed by atoms with Gasteiger partial charge in [0.2, 0.25) is 0 Å². The summed E-state index contributed by atoms with van der Waals surface area (Å²) in [4.78, 5) is 31.7. The molecule has 26 heteroatoms. The summed E-state index contributed by atoms with van der Waals surface area (Å²) in [6.07, 6.45) is 11.6. The first-order chi connectivity index (χ1) is 48.7. The number of ether oxygens (including phenoxy) is 1. The third kappa shape index (κ3) is 24.6. The van der Waals surface area contributed by atoms with E-state index in [-0.39, 0.29) is 71.0 Å². The summed E-state index contributed by atoms with van der Waals surface area (Å²) in [6.45, 7) is 12.5. The van der Waals surface area contributed by atoms with Crippen molar-refractivity contribution in [3.8, 4) is 11.5 Å². The smallest absolute Gasteiger partial charge is 0.453 e. The number of carboxylic acids is 1. The molecule has 2 saturated heterocycles. The number of alkyl halides is 10. The van der Waals surface area contributed by atoms with E-state index >= 15 is 0 Å². The van der Waals surface area contributed by atoms with Crippen LogP contribution in [0, 0.1) is 46.3 Å². The molecule has 2 aromatic carbocycles. The highest BCUT2D eigenvalue weighted by molar-refractivity contribution is 14.0. The SMILES string of the molecule is CN1CCN(CC(=O)O)CC1.CN1CCN(CC(=O)Oc2ccc3c(c2)C[C@@H](CCCCCCCCCS(=O)CCCC(F)(F)C(F)(F)F)[C@@H]2[C@@H]3CC[C@]3(C)[C@@H](O)CC[C@@H]23)CC1.C[C@]12CC[C@@H]3c4ccc(O)cc4C[C@@H](CCCCCCCCCS(=O)CCCC(F)(F)C(F)(F)F)[C@H]3[C@@H]1CC[C@@H]2O.I. The number of unbranched alkanes of at least 4 members (excludes halogenated alkanes) is 12. The minimum absolute atomic E-state index is 0. The molecule has 104 heavy (non-hydrogen) atoms. The number of phenols is 1. The van der Waals surface area contributed by atoms with E-state index in [9.17, 15) is 77.2 Å². The van der Waals surface area contributed by atoms with Crippen molar-refractivity contribution < 1.29 is 87.1 Å². The van der Waals surface area contributed by atoms with Crippen LogP contribution in [-0.4, -0.2) is 199 Å². The fourth-order valence-electron chi connectivity index (χ4n) is 19.2. The lowest BCUT2D eigenvalue weighted by Crippen LogP contribution is -2.47. The van der Waals surface area contributed by atoms with E-state index in [0.717, 1.165) is 206 Å². The average Bonchev–Trinajstić information content (AvgIpc) is 1.45. The number of benzene rings is 2. The Hall–Kier alpha value is -2.73. The van der Waals surface area contributed by atoms with Crippen LogP contribution in [0.4, 0.5) is 43.9 Å². The lowest BCUT2D eigenvalue weighted by atomic mass is 9.52. The number of likely N-dealkylation sites (N-methyl/N-ethyl adjacent to an activating group) is 2. The Morgan fingerprint density at radius 1 is 0.510 bits per heavy atom. The van der Waals surface area contributed by atoms with E-state index in [4.69, 9.17) is 9.84 Å². The number of carbonyl (C=O) groups excluding carboxylic acids is 1. The van der Waals surface area contributed by atoms with Gasteiger partial charge in [0.25, 0.3) is 0 Å². The van der Waals surface area contributed by atoms with Gasteiger partial charge >= 0.3 is 36.1 Å². The number of carboxylic acid groups (broad SMARTS) is 1. The molecule has 2 aromatic rings. The van der Waals surface area contributed by atoms with Gasteiger partial charge in [-0.2, -0.15) is 43.9 Å². The Labute approximate surface area is 634 Å². The van der Waals surface area contributed by atoms with Crippen molar-refractivity contribution in [2.75, 3.05) is 103 Å². The molecule has 4 N–H and O–H groups in total. The Balaban J connectivity index is 0.000000255. The van der Waals surface area contributed by atoms with Gasteiger partial charge in [-0.3, -0.25) is 27.8 Å². The summed E-state index contributed by atoms with van der Waals surface area (Å²) in [7, 11) is 1.42. The van der Waals surface area contributed by atoms with Crippen LogP contribution in [0.15, 0.2) is 36.4 Å². The standard InChI is InChI=1S/C39H59F5N2O4S.C32H47F5O3S.C7H14N2O2.HI/c1-37-18-16-32-31-13-12-30(50-35(48)27-46-21-19-45(2)20-22-46)26-29(31)25-28(36(32)33(37)14-15-34(37)47)11-8-6-4-3-5-7-9-23-51(49)24-10-17-38(40,41)39(42,43)44;1-30-17-15-26-25-12-11-24(38)21-23(25)20-22(29(26)27(30)13-14-28(30)39)10-7-5-3-2-4-6-8-18-41(40)19-9-16-31(33,34)32(35,36)37;1-8-2-4-9(5-3-8)6-7(10)11;/h12-13,26,28,32-34,36,47H,3-11,14-25,27H2,1-2H3;11-12,21-22,26-29,38-39H,2-10,13-20H2,1H3;2-6H2,1H3,(H,10,11);1H/t28-,32-,33+,34+,36-,37+,51?;22-,26-,27+,28+,29-,30+,41?;;/m11../s1. The number of aromatic hydroxyl groups is 1. The number of halogens is 11. The summed E-state index contributed by atoms with van der Waals surface area (Å²) < 4.78 is 155. The number of rotatable bonds is 33. The second kappa shape index (κ2) is 40.5. The zero-order chi connectivity index (χ0) is 74.9. The highest BCUT2D eigenvalue weighted by atomic mass is 127. The van der Waals surface area contributed by atoms with Crippen LogP contribution in [0.5, 0.6) is 11.5 Å². The Bertz CT molecular complexity index is 3030. The molecule has 2 heterocycles. The second-order valence-corrected chi connectivity index (χ2v) is 35.8. The molecule has 2 aliphatic heterocycles. The first-order valence-electron chi connectivity index (χ1n) is 38.8. The molecule has 0 aromatic heterocycles. The van der Waals surface area contributed by atoms with Gasteiger partial charge in [0.05, 0.1) is 25.3 Å². The van der Waals surface area contributed by atoms with E-state index in [1.54, 1.807) is 0 Å². The number of aliphatic hydroxyl groups excluding tert-OH is 2. The molecule has 8 aliphatic rings. The number of fused-ring (bicyclic) bond motifs is 10. The first-order valence-corrected chi connectivity index (χ1v) is 41.8. The quantitative estimate of drug-likeness (QED) is 0.0175. The lowest BCUT2D eigenvalue weighted by Gasteiger charge is -2.53. The van der Waals surface area contributed by atoms with Gasteiger partial charge in [0, 0.05) is 110 Å². The lowest BCUT2D eigenvalue weighted by molar-refractivity contribution is -0.284. The molecule has 0 amide bonds. The third-order valence-electron chi connectivity index (χ3n) is 25.2. The summed E-state index contributed by atoms with van der Waals surface area (Å²) in [5.41, 5.74) is 5.41. The Kier molecular flexibility index (Phi) is 34.4. The zero-order valence-electron chi connectivity index (χ0n) is 62.0. The highest BCUT2D eigenvalue weighted by Gasteiger charge is 2.60. The molecular formula is C78H121F10IN4O9S2. The topological polar surface area (TPSA) is 171 Å². The van der Waals surface area contributed by atoms with E-state index in [0.29, 0.717) is 89.7 Å². The van der Waals surface area contributed by atoms with E-state index in [1.165, 1.54) is 22.3 Å². The Morgan fingerprint density at radius 3 is 1.30 bits per heavy atom. The molecule has 6 fully saturated rings. The zero-order valence-corrected chi connectivity index (χ0v) is 65.9. The molecule has 4 saturated carbocycles. The van der Waals surface area contributed by atoms with Crippen LogP contribution in [0.3, 0.4) is 0 Å². The highest BCUT2D eigenvalue weighted by Crippen LogP contribution is 2.65. The number of carbonyl (C=O) groups is 2. The molecule has 6 aliphatic carbocycles. The summed E-state index contributed by atoms with van der Waals surface area (Å²) in [5, 5.41) is 40.5. The van der Waals surface area contributed by atoms with Crippen LogP contribution in [0.1, 0.15) is 228 Å². The molecule has 596 valence electrons. The molecular weight excluding hydrogens is 1520 g/mol. The maximum Gasteiger partial charge on any atom is 0.453 e. The number of aliphatic hydroxyl groups is 2. The van der Waals surface area contributed by atoms with Crippen LogP contribution in [0.25, 0.3) is 0 Å². The van der Waals surface area contributed by atoms with E-state index in [1.807, 2.05) is 23.1 Å².